The Balaban J connectivity index is 1.73. The summed E-state index contributed by atoms with van der Waals surface area (Å²) >= 11 is 0. The number of nitrogens with one attached hydrogen (secondary N) is 2. The Morgan fingerprint density at radius 1 is 1.04 bits per heavy atom. The molecule has 7 heteroatoms. The molecular formula is C20H27N3O4. The summed E-state index contributed by atoms with van der Waals surface area (Å²) in [6.07, 6.45) is 6.67. The molecule has 0 radical (unpaired) electrons. The van der Waals surface area contributed by atoms with E-state index in [0.717, 1.165) is 25.7 Å². The highest BCUT2D eigenvalue weighted by Crippen LogP contribution is 2.31. The van der Waals surface area contributed by atoms with Crippen molar-refractivity contribution in [3.05, 3.63) is 23.8 Å². The number of anilines is 1. The lowest BCUT2D eigenvalue weighted by Crippen LogP contribution is -2.68. The van der Waals surface area contributed by atoms with Crippen molar-refractivity contribution in [3.8, 4) is 5.75 Å². The highest BCUT2D eigenvalue weighted by Gasteiger charge is 2.50. The Hall–Kier alpha value is -2.41. The number of hydrogen-bond acceptors (Lipinski definition) is 6. The topological polar surface area (TPSA) is 98.7 Å². The highest BCUT2D eigenvalue weighted by molar-refractivity contribution is 6.49. The summed E-state index contributed by atoms with van der Waals surface area (Å²) in [6, 6.07) is 3.68. The quantitative estimate of drug-likeness (QED) is 0.413. The molecule has 0 aromatic heterocycles. The van der Waals surface area contributed by atoms with Crippen molar-refractivity contribution in [1.29, 1.82) is 0 Å². The van der Waals surface area contributed by atoms with Crippen LogP contribution in [0, 0.1) is 0 Å². The van der Waals surface area contributed by atoms with Crippen molar-refractivity contribution in [1.82, 2.24) is 10.2 Å². The normalized spacial score (nSPS) is 23.5. The number of aromatic hydroxyl groups is 1. The molecule has 0 saturated heterocycles. The number of Topliss-reactive ketones (excluding diaryl/α,β-unsaturated/α-hetero) is 2. The number of hydrogen-bond donors (Lipinski definition) is 3. The second kappa shape index (κ2) is 8.08. The van der Waals surface area contributed by atoms with Crippen molar-refractivity contribution in [2.24, 2.45) is 0 Å². The predicted octanol–water partition coefficient (Wildman–Crippen LogP) is 1.71. The standard InChI is InChI=1S/C20H27N3O4/c1-23(2)20(27)13-10-7-11-14(17(13)24)22-16-15(18(25)19(16)26)21-12-8-5-3-4-6-9-12/h7,10-12,15-16,21-22,24H,3-6,8-9H2,1-2H3. The smallest absolute Gasteiger partial charge is 0.257 e. The first kappa shape index (κ1) is 19.4. The average molecular weight is 373 g/mol. The Morgan fingerprint density at radius 3 is 2.30 bits per heavy atom. The van der Waals surface area contributed by atoms with Gasteiger partial charge in [-0.1, -0.05) is 31.7 Å². The van der Waals surface area contributed by atoms with Crippen LogP contribution in [0.3, 0.4) is 0 Å². The molecule has 27 heavy (non-hydrogen) atoms. The fraction of sp³-hybridized carbons (Fsp3) is 0.550. The summed E-state index contributed by atoms with van der Waals surface area (Å²) in [6.45, 7) is 0. The number of carbonyl (C=O) groups is 3. The minimum absolute atomic E-state index is 0.149. The molecule has 2 aliphatic rings. The molecule has 3 N–H and O–H groups in total. The third kappa shape index (κ3) is 3.98. The Morgan fingerprint density at radius 2 is 1.67 bits per heavy atom. The molecule has 0 heterocycles. The molecule has 2 unspecified atom stereocenters. The molecule has 0 aliphatic heterocycles. The third-order valence-corrected chi connectivity index (χ3v) is 5.40. The zero-order chi connectivity index (χ0) is 19.6. The molecule has 1 aromatic rings. The number of ketones is 2. The van der Waals surface area contributed by atoms with Gasteiger partial charge in [0, 0.05) is 20.1 Å². The van der Waals surface area contributed by atoms with Crippen molar-refractivity contribution >= 4 is 23.2 Å². The van der Waals surface area contributed by atoms with Gasteiger partial charge < -0.3 is 20.6 Å². The highest BCUT2D eigenvalue weighted by atomic mass is 16.3. The molecule has 1 amide bonds. The van der Waals surface area contributed by atoms with Crippen LogP contribution in [0.4, 0.5) is 5.69 Å². The minimum atomic E-state index is -0.726. The molecule has 2 atom stereocenters. The summed E-state index contributed by atoms with van der Waals surface area (Å²) < 4.78 is 0. The molecule has 2 fully saturated rings. The zero-order valence-corrected chi connectivity index (χ0v) is 15.8. The van der Waals surface area contributed by atoms with Gasteiger partial charge in [0.1, 0.15) is 12.1 Å². The maximum Gasteiger partial charge on any atom is 0.257 e. The Kier molecular flexibility index (Phi) is 5.79. The van der Waals surface area contributed by atoms with Gasteiger partial charge in [0.15, 0.2) is 5.75 Å². The number of benzene rings is 1. The average Bonchev–Trinajstić information content (AvgIpc) is 2.93. The number of amides is 1. The number of nitrogens with zero attached hydrogens (tertiary/aromatic N) is 1. The van der Waals surface area contributed by atoms with Crippen LogP contribution in [0.2, 0.25) is 0 Å². The van der Waals surface area contributed by atoms with Gasteiger partial charge >= 0.3 is 0 Å². The third-order valence-electron chi connectivity index (χ3n) is 5.40. The molecule has 0 spiro atoms. The van der Waals surface area contributed by atoms with Crippen LogP contribution in [-0.2, 0) is 9.59 Å². The number of rotatable bonds is 5. The molecule has 2 saturated carbocycles. The summed E-state index contributed by atoms with van der Waals surface area (Å²) in [4.78, 5) is 37.7. The van der Waals surface area contributed by atoms with E-state index in [1.54, 1.807) is 26.2 Å². The second-order valence-electron chi connectivity index (χ2n) is 7.58. The van der Waals surface area contributed by atoms with Gasteiger partial charge in [-0.05, 0) is 25.0 Å². The van der Waals surface area contributed by atoms with E-state index in [1.165, 1.54) is 23.8 Å². The minimum Gasteiger partial charge on any atom is -0.505 e. The van der Waals surface area contributed by atoms with Crippen LogP contribution in [0.5, 0.6) is 5.75 Å². The van der Waals surface area contributed by atoms with E-state index in [2.05, 4.69) is 10.6 Å². The zero-order valence-electron chi connectivity index (χ0n) is 15.8. The SMILES string of the molecule is CN(C)C(=O)c1cccc(NC2C(=O)C(=O)C2NC2CCCCCC2)c1O. The fourth-order valence-corrected chi connectivity index (χ4v) is 3.77. The molecule has 3 rings (SSSR count). The van der Waals surface area contributed by atoms with Crippen LogP contribution in [0.25, 0.3) is 0 Å². The number of phenolic OH excluding ortho intramolecular Hbond substituents is 1. The van der Waals surface area contributed by atoms with E-state index in [4.69, 9.17) is 0 Å². The summed E-state index contributed by atoms with van der Waals surface area (Å²) in [5.41, 5.74) is 0.428. The first-order valence-electron chi connectivity index (χ1n) is 9.54. The summed E-state index contributed by atoms with van der Waals surface area (Å²) in [5.74, 6) is -1.46. The fourth-order valence-electron chi connectivity index (χ4n) is 3.77. The van der Waals surface area contributed by atoms with E-state index in [-0.39, 0.29) is 28.9 Å². The molecule has 7 nitrogen and oxygen atoms in total. The largest absolute Gasteiger partial charge is 0.505 e. The van der Waals surface area contributed by atoms with Gasteiger partial charge in [0.05, 0.1) is 11.3 Å². The Labute approximate surface area is 159 Å². The van der Waals surface area contributed by atoms with Crippen LogP contribution >= 0.6 is 0 Å². The van der Waals surface area contributed by atoms with Crippen molar-refractivity contribution in [2.45, 2.75) is 56.7 Å². The first-order valence-corrected chi connectivity index (χ1v) is 9.54. The van der Waals surface area contributed by atoms with E-state index >= 15 is 0 Å². The monoisotopic (exact) mass is 373 g/mol. The Bertz CT molecular complexity index is 739. The van der Waals surface area contributed by atoms with Gasteiger partial charge in [-0.15, -0.1) is 0 Å². The van der Waals surface area contributed by atoms with Crippen LogP contribution < -0.4 is 10.6 Å². The molecular weight excluding hydrogens is 346 g/mol. The maximum atomic E-state index is 12.2. The predicted molar refractivity (Wildman–Crippen MR) is 102 cm³/mol. The summed E-state index contributed by atoms with van der Waals surface area (Å²) in [5, 5.41) is 16.7. The molecule has 0 bridgehead atoms. The lowest BCUT2D eigenvalue weighted by molar-refractivity contribution is -0.145. The summed E-state index contributed by atoms with van der Waals surface area (Å²) in [7, 11) is 3.20. The van der Waals surface area contributed by atoms with Gasteiger partial charge in [-0.3, -0.25) is 14.4 Å². The van der Waals surface area contributed by atoms with E-state index in [0.29, 0.717) is 0 Å². The van der Waals surface area contributed by atoms with Crippen molar-refractivity contribution in [2.75, 3.05) is 19.4 Å². The first-order chi connectivity index (χ1) is 12.9. The maximum absolute atomic E-state index is 12.2. The van der Waals surface area contributed by atoms with Crippen molar-refractivity contribution < 1.29 is 19.5 Å². The van der Waals surface area contributed by atoms with Crippen LogP contribution in [0.15, 0.2) is 18.2 Å². The molecule has 2 aliphatic carbocycles. The van der Waals surface area contributed by atoms with E-state index < -0.39 is 23.7 Å². The van der Waals surface area contributed by atoms with E-state index in [9.17, 15) is 19.5 Å². The van der Waals surface area contributed by atoms with Crippen LogP contribution in [0.1, 0.15) is 48.9 Å². The van der Waals surface area contributed by atoms with Crippen molar-refractivity contribution in [3.63, 3.8) is 0 Å². The van der Waals surface area contributed by atoms with Crippen LogP contribution in [-0.4, -0.2) is 59.7 Å². The lowest BCUT2D eigenvalue weighted by Gasteiger charge is -2.37. The van der Waals surface area contributed by atoms with Gasteiger partial charge in [0.2, 0.25) is 11.6 Å². The van der Waals surface area contributed by atoms with Gasteiger partial charge in [-0.2, -0.15) is 0 Å². The molecule has 146 valence electrons. The lowest BCUT2D eigenvalue weighted by atomic mass is 9.82. The number of carbonyl (C=O) groups excluding carboxylic acids is 3. The molecule has 1 aromatic carbocycles. The number of phenols is 1. The number of para-hydroxylation sites is 1. The van der Waals surface area contributed by atoms with Gasteiger partial charge in [0.25, 0.3) is 5.91 Å². The van der Waals surface area contributed by atoms with Gasteiger partial charge in [-0.25, -0.2) is 0 Å². The van der Waals surface area contributed by atoms with E-state index in [1.807, 2.05) is 0 Å². The second-order valence-corrected chi connectivity index (χ2v) is 7.58.